The van der Waals surface area contributed by atoms with Crippen molar-refractivity contribution in [1.29, 1.82) is 0 Å². The van der Waals surface area contributed by atoms with Gasteiger partial charge < -0.3 is 5.11 Å². The van der Waals surface area contributed by atoms with E-state index in [2.05, 4.69) is 11.6 Å². The maximum absolute atomic E-state index is 11.9. The van der Waals surface area contributed by atoms with Crippen molar-refractivity contribution in [2.75, 3.05) is 6.54 Å². The van der Waals surface area contributed by atoms with Gasteiger partial charge in [0, 0.05) is 6.54 Å². The van der Waals surface area contributed by atoms with Crippen LogP contribution in [0.2, 0.25) is 0 Å². The van der Waals surface area contributed by atoms with Gasteiger partial charge in [-0.15, -0.1) is 0 Å². The highest BCUT2D eigenvalue weighted by molar-refractivity contribution is 7.89. The van der Waals surface area contributed by atoms with E-state index in [9.17, 15) is 8.42 Å². The third kappa shape index (κ3) is 5.72. The molecule has 0 saturated carbocycles. The number of hydrogen-bond donors (Lipinski definition) is 2. The minimum Gasteiger partial charge on any atom is -0.392 e. The number of nitrogens with one attached hydrogen (secondary N) is 1. The van der Waals surface area contributed by atoms with E-state index in [0.717, 1.165) is 18.4 Å². The Morgan fingerprint density at radius 3 is 2.37 bits per heavy atom. The largest absolute Gasteiger partial charge is 0.392 e. The molecule has 0 bridgehead atoms. The molecule has 0 amide bonds. The molecule has 19 heavy (non-hydrogen) atoms. The van der Waals surface area contributed by atoms with E-state index in [1.165, 1.54) is 12.8 Å². The Kier molecular flexibility index (Phi) is 6.48. The minimum absolute atomic E-state index is 0.0284. The topological polar surface area (TPSA) is 66.4 Å². The summed E-state index contributed by atoms with van der Waals surface area (Å²) in [6.07, 6.45) is 3.78. The van der Waals surface area contributed by atoms with Gasteiger partial charge in [0.05, 0.1) is 11.0 Å². The van der Waals surface area contributed by atoms with Crippen LogP contribution in [-0.4, -0.2) is 26.2 Å². The number of rotatable bonds is 8. The summed E-state index contributed by atoms with van der Waals surface area (Å²) < 4.78 is 26.1. The molecule has 1 aromatic rings. The zero-order valence-corrected chi connectivity index (χ0v) is 12.4. The van der Waals surface area contributed by atoms with Crippen LogP contribution in [0.4, 0.5) is 0 Å². The maximum Gasteiger partial charge on any atom is 0.240 e. The first-order valence-corrected chi connectivity index (χ1v) is 8.20. The van der Waals surface area contributed by atoms with Gasteiger partial charge in [-0.25, -0.2) is 13.1 Å². The third-order valence-electron chi connectivity index (χ3n) is 2.87. The average molecular weight is 285 g/mol. The van der Waals surface area contributed by atoms with Crippen LogP contribution in [0.25, 0.3) is 0 Å². The van der Waals surface area contributed by atoms with Crippen molar-refractivity contribution < 1.29 is 13.5 Å². The number of aliphatic hydroxyl groups excluding tert-OH is 1. The lowest BCUT2D eigenvalue weighted by atomic mass is 10.1. The van der Waals surface area contributed by atoms with Crippen molar-refractivity contribution in [3.8, 4) is 0 Å². The van der Waals surface area contributed by atoms with Crippen LogP contribution in [0.15, 0.2) is 29.2 Å². The second-order valence-corrected chi connectivity index (χ2v) is 6.57. The van der Waals surface area contributed by atoms with Gasteiger partial charge in [0.2, 0.25) is 10.0 Å². The molecule has 4 nitrogen and oxygen atoms in total. The Morgan fingerprint density at radius 2 is 1.84 bits per heavy atom. The van der Waals surface area contributed by atoms with Crippen LogP contribution in [0.5, 0.6) is 0 Å². The molecular weight excluding hydrogens is 262 g/mol. The molecule has 0 fully saturated rings. The van der Waals surface area contributed by atoms with Crippen molar-refractivity contribution >= 4 is 10.0 Å². The predicted octanol–water partition coefficient (Wildman–Crippen LogP) is 2.08. The Morgan fingerprint density at radius 1 is 1.21 bits per heavy atom. The van der Waals surface area contributed by atoms with E-state index in [4.69, 9.17) is 5.11 Å². The van der Waals surface area contributed by atoms with E-state index in [0.29, 0.717) is 0 Å². The van der Waals surface area contributed by atoms with Gasteiger partial charge in [0.15, 0.2) is 0 Å². The summed E-state index contributed by atoms with van der Waals surface area (Å²) in [7, 11) is -3.51. The Balaban J connectivity index is 2.64. The van der Waals surface area contributed by atoms with Crippen LogP contribution in [0.1, 0.15) is 38.7 Å². The Bertz CT molecular complexity index is 466. The van der Waals surface area contributed by atoms with Gasteiger partial charge in [0.25, 0.3) is 0 Å². The van der Waals surface area contributed by atoms with E-state index < -0.39 is 16.1 Å². The summed E-state index contributed by atoms with van der Waals surface area (Å²) in [5.74, 6) is 0. The highest BCUT2D eigenvalue weighted by Gasteiger charge is 2.13. The molecule has 108 valence electrons. The molecule has 0 spiro atoms. The van der Waals surface area contributed by atoms with Crippen molar-refractivity contribution in [1.82, 2.24) is 4.72 Å². The summed E-state index contributed by atoms with van der Waals surface area (Å²) in [5, 5.41) is 9.10. The highest BCUT2D eigenvalue weighted by atomic mass is 32.2. The van der Waals surface area contributed by atoms with E-state index in [1.807, 2.05) is 12.1 Å². The summed E-state index contributed by atoms with van der Waals surface area (Å²) >= 11 is 0. The summed E-state index contributed by atoms with van der Waals surface area (Å²) in [6, 6.07) is 6.94. The van der Waals surface area contributed by atoms with Gasteiger partial charge >= 0.3 is 0 Å². The van der Waals surface area contributed by atoms with E-state index in [-0.39, 0.29) is 11.4 Å². The standard InChI is InChI=1S/C14H23NO3S/c1-3-4-5-6-13-7-9-14(10-8-13)19(17,18)15-11-12(2)16/h7-10,12,15-16H,3-6,11H2,1-2H3. The first kappa shape index (κ1) is 16.1. The number of sulfonamides is 1. The smallest absolute Gasteiger partial charge is 0.240 e. The van der Waals surface area contributed by atoms with Crippen LogP contribution < -0.4 is 4.72 Å². The molecule has 1 aromatic carbocycles. The van der Waals surface area contributed by atoms with Crippen LogP contribution in [0, 0.1) is 0 Å². The normalized spacial score (nSPS) is 13.4. The molecule has 0 heterocycles. The maximum atomic E-state index is 11.9. The number of benzene rings is 1. The monoisotopic (exact) mass is 285 g/mol. The third-order valence-corrected chi connectivity index (χ3v) is 4.31. The summed E-state index contributed by atoms with van der Waals surface area (Å²) in [5.41, 5.74) is 1.16. The first-order chi connectivity index (χ1) is 8.95. The van der Waals surface area contributed by atoms with E-state index >= 15 is 0 Å². The quantitative estimate of drug-likeness (QED) is 0.719. The van der Waals surface area contributed by atoms with Gasteiger partial charge in [-0.1, -0.05) is 31.9 Å². The molecule has 0 saturated heterocycles. The Labute approximate surface area is 115 Å². The fourth-order valence-corrected chi connectivity index (χ4v) is 2.85. The molecule has 5 heteroatoms. The molecular formula is C14H23NO3S. The van der Waals surface area contributed by atoms with Gasteiger partial charge in [0.1, 0.15) is 0 Å². The van der Waals surface area contributed by atoms with E-state index in [1.54, 1.807) is 19.1 Å². The molecule has 0 aliphatic rings. The van der Waals surface area contributed by atoms with Crippen molar-refractivity contribution in [2.45, 2.75) is 50.5 Å². The summed E-state index contributed by atoms with van der Waals surface area (Å²) in [6.45, 7) is 3.73. The SMILES string of the molecule is CCCCCc1ccc(S(=O)(=O)NCC(C)O)cc1. The second-order valence-electron chi connectivity index (χ2n) is 4.80. The van der Waals surface area contributed by atoms with Crippen LogP contribution in [0.3, 0.4) is 0 Å². The lowest BCUT2D eigenvalue weighted by molar-refractivity contribution is 0.198. The Hall–Kier alpha value is -0.910. The molecule has 0 aliphatic heterocycles. The number of aliphatic hydroxyl groups is 1. The number of aryl methyl sites for hydroxylation is 1. The van der Waals surface area contributed by atoms with Gasteiger partial charge in [-0.2, -0.15) is 0 Å². The molecule has 1 unspecified atom stereocenters. The molecule has 1 atom stereocenters. The molecule has 0 aromatic heterocycles. The fraction of sp³-hybridized carbons (Fsp3) is 0.571. The summed E-state index contributed by atoms with van der Waals surface area (Å²) in [4.78, 5) is 0.243. The molecule has 1 rings (SSSR count). The zero-order chi connectivity index (χ0) is 14.3. The minimum atomic E-state index is -3.51. The number of hydrogen-bond acceptors (Lipinski definition) is 3. The zero-order valence-electron chi connectivity index (χ0n) is 11.6. The molecule has 2 N–H and O–H groups in total. The number of unbranched alkanes of at least 4 members (excludes halogenated alkanes) is 2. The van der Waals surface area contributed by atoms with Gasteiger partial charge in [-0.3, -0.25) is 0 Å². The fourth-order valence-electron chi connectivity index (χ4n) is 1.73. The lowest BCUT2D eigenvalue weighted by Gasteiger charge is -2.09. The lowest BCUT2D eigenvalue weighted by Crippen LogP contribution is -2.30. The highest BCUT2D eigenvalue weighted by Crippen LogP contribution is 2.12. The average Bonchev–Trinajstić information content (AvgIpc) is 2.37. The van der Waals surface area contributed by atoms with Crippen molar-refractivity contribution in [3.05, 3.63) is 29.8 Å². The second kappa shape index (κ2) is 7.62. The van der Waals surface area contributed by atoms with Crippen LogP contribution in [-0.2, 0) is 16.4 Å². The first-order valence-electron chi connectivity index (χ1n) is 6.72. The van der Waals surface area contributed by atoms with Crippen LogP contribution >= 0.6 is 0 Å². The van der Waals surface area contributed by atoms with Gasteiger partial charge in [-0.05, 0) is 37.5 Å². The van der Waals surface area contributed by atoms with Crippen molar-refractivity contribution in [2.24, 2.45) is 0 Å². The molecule has 0 radical (unpaired) electrons. The predicted molar refractivity (Wildman–Crippen MR) is 76.5 cm³/mol. The molecule has 0 aliphatic carbocycles. The van der Waals surface area contributed by atoms with Crippen molar-refractivity contribution in [3.63, 3.8) is 0 Å².